The zero-order valence-electron chi connectivity index (χ0n) is 20.9. The first kappa shape index (κ1) is 30.8. The second-order valence-corrected chi connectivity index (χ2v) is 37.8. The van der Waals surface area contributed by atoms with Gasteiger partial charge in [0.2, 0.25) is 0 Å². The summed E-state index contributed by atoms with van der Waals surface area (Å²) >= 11 is 0. The molecule has 178 valence electrons. The lowest BCUT2D eigenvalue weighted by Gasteiger charge is -2.29. The summed E-state index contributed by atoms with van der Waals surface area (Å²) in [7, 11) is -8.57. The lowest BCUT2D eigenvalue weighted by molar-refractivity contribution is -0.136. The van der Waals surface area contributed by atoms with Crippen molar-refractivity contribution in [2.45, 2.75) is 75.9 Å². The molecule has 0 heterocycles. The Kier molecular flexibility index (Phi) is 14.5. The smallest absolute Gasteiger partial charge is 0.329 e. The first-order chi connectivity index (χ1) is 13.6. The van der Waals surface area contributed by atoms with Crippen LogP contribution in [-0.4, -0.2) is 84.5 Å². The Balaban J connectivity index is 4.10. The molecule has 0 N–H and O–H groups in total. The van der Waals surface area contributed by atoms with Crippen LogP contribution >= 0.6 is 0 Å². The van der Waals surface area contributed by atoms with Crippen LogP contribution in [-0.2, 0) is 26.0 Å². The van der Waals surface area contributed by atoms with Gasteiger partial charge in [-0.05, 0) is 75.9 Å². The van der Waals surface area contributed by atoms with Crippen molar-refractivity contribution in [2.24, 2.45) is 0 Å². The quantitative estimate of drug-likeness (QED) is 0.116. The van der Waals surface area contributed by atoms with E-state index in [1.807, 2.05) is 0 Å². The normalized spacial score (nSPS) is 15.0. The van der Waals surface area contributed by atoms with Crippen LogP contribution in [0.4, 0.5) is 0 Å². The van der Waals surface area contributed by atoms with E-state index in [9.17, 15) is 4.79 Å². The zero-order valence-corrected chi connectivity index (χ0v) is 30.5. The van der Waals surface area contributed by atoms with Gasteiger partial charge in [0.25, 0.3) is 0 Å². The fourth-order valence-corrected chi connectivity index (χ4v) is 27.7. The molecule has 6 nitrogen and oxygen atoms in total. The first-order valence-corrected chi connectivity index (χ1v) is 30.0. The molecular formula is C16H46O6Si8. The average Bonchev–Trinajstić information content (AvgIpc) is 2.56. The van der Waals surface area contributed by atoms with E-state index in [4.69, 9.17) is 21.2 Å². The second kappa shape index (κ2) is 14.1. The summed E-state index contributed by atoms with van der Waals surface area (Å²) in [5, 5.41) is 0. The Morgan fingerprint density at radius 3 is 1.43 bits per heavy atom. The van der Waals surface area contributed by atoms with E-state index in [1.54, 1.807) is 0 Å². The van der Waals surface area contributed by atoms with E-state index in [1.165, 1.54) is 17.4 Å². The van der Waals surface area contributed by atoms with E-state index in [0.717, 1.165) is 5.67 Å². The molecule has 0 radical (unpaired) electrons. The van der Waals surface area contributed by atoms with Gasteiger partial charge in [0.15, 0.2) is 43.0 Å². The Hall–Kier alpha value is 0.785. The molecule has 0 amide bonds. The molecule has 30 heavy (non-hydrogen) atoms. The fourth-order valence-electron chi connectivity index (χ4n) is 2.48. The molecule has 0 aromatic heterocycles. The Bertz CT molecular complexity index is 524. The van der Waals surface area contributed by atoms with Crippen molar-refractivity contribution in [2.75, 3.05) is 6.23 Å². The summed E-state index contributed by atoms with van der Waals surface area (Å²) in [5.74, 6) is -0.362. The maximum atomic E-state index is 11.1. The molecule has 0 aliphatic carbocycles. The van der Waals surface area contributed by atoms with Gasteiger partial charge < -0.3 is 21.2 Å². The summed E-state index contributed by atoms with van der Waals surface area (Å²) in [5.41, 5.74) is 3.54. The first-order valence-electron chi connectivity index (χ1n) is 10.9. The van der Waals surface area contributed by atoms with Crippen LogP contribution in [0.5, 0.6) is 0 Å². The molecule has 0 bridgehead atoms. The van der Waals surface area contributed by atoms with Crippen LogP contribution in [0, 0.1) is 0 Å². The molecule has 0 rings (SSSR count). The molecule has 0 aromatic rings. The Morgan fingerprint density at radius 2 is 1.07 bits per heavy atom. The van der Waals surface area contributed by atoms with Gasteiger partial charge in [-0.3, -0.25) is 0 Å². The van der Waals surface area contributed by atoms with E-state index in [0.29, 0.717) is 6.23 Å². The minimum Gasteiger partial charge on any atom is -0.464 e. The number of hydrogen-bond donors (Lipinski definition) is 0. The predicted octanol–water partition coefficient (Wildman–Crippen LogP) is 1.40. The molecular weight excluding hydrogens is 513 g/mol. The van der Waals surface area contributed by atoms with E-state index in [-0.39, 0.29) is 5.97 Å². The SMILES string of the molecule is C=CC(=O)OC[SiH2]O[Si](C)(C)C[SiH2]O[Si](C)(C)C[SiH2]O[Si](C)(C)C[SiH2]O[Si](C)(C)C. The van der Waals surface area contributed by atoms with Crippen LogP contribution in [0.1, 0.15) is 0 Å². The van der Waals surface area contributed by atoms with Crippen LogP contribution in [0.2, 0.25) is 75.9 Å². The average molecular weight is 559 g/mol. The number of esters is 1. The third-order valence-electron chi connectivity index (χ3n) is 4.62. The van der Waals surface area contributed by atoms with Gasteiger partial charge in [-0.2, -0.15) is 0 Å². The minimum atomic E-state index is -1.69. The lowest BCUT2D eigenvalue weighted by Crippen LogP contribution is -2.42. The summed E-state index contributed by atoms with van der Waals surface area (Å²) in [4.78, 5) is 11.1. The van der Waals surface area contributed by atoms with Gasteiger partial charge in [0.1, 0.15) is 35.5 Å². The van der Waals surface area contributed by atoms with Gasteiger partial charge in [-0.15, -0.1) is 0 Å². The molecule has 0 aromatic carbocycles. The number of carbonyl (C=O) groups is 1. The maximum Gasteiger partial charge on any atom is 0.329 e. The highest BCUT2D eigenvalue weighted by Crippen LogP contribution is 2.17. The van der Waals surface area contributed by atoms with Crippen molar-refractivity contribution >= 4 is 78.3 Å². The zero-order chi connectivity index (χ0) is 23.5. The molecule has 0 saturated carbocycles. The number of rotatable bonds is 17. The maximum absolute atomic E-state index is 11.1. The van der Waals surface area contributed by atoms with Crippen molar-refractivity contribution in [3.05, 3.63) is 12.7 Å². The van der Waals surface area contributed by atoms with E-state index < -0.39 is 72.3 Å². The summed E-state index contributed by atoms with van der Waals surface area (Å²) in [6.45, 7) is 24.1. The monoisotopic (exact) mass is 558 g/mol. The number of hydrogen-bond acceptors (Lipinski definition) is 6. The molecule has 0 fully saturated rings. The summed E-state index contributed by atoms with van der Waals surface area (Å²) in [6, 6.07) is 0. The van der Waals surface area contributed by atoms with Gasteiger partial charge in [-0.1, -0.05) is 6.58 Å². The third kappa shape index (κ3) is 18.4. The minimum absolute atomic E-state index is 0.362. The summed E-state index contributed by atoms with van der Waals surface area (Å²) < 4.78 is 30.3. The Morgan fingerprint density at radius 1 is 0.700 bits per heavy atom. The highest BCUT2D eigenvalue weighted by atomic mass is 28.4. The van der Waals surface area contributed by atoms with Crippen molar-refractivity contribution in [3.63, 3.8) is 0 Å². The second-order valence-electron chi connectivity index (χ2n) is 10.4. The fraction of sp³-hybridized carbons (Fsp3) is 0.812. The highest BCUT2D eigenvalue weighted by Gasteiger charge is 2.29. The summed E-state index contributed by atoms with van der Waals surface area (Å²) in [6.07, 6.45) is 1.63. The van der Waals surface area contributed by atoms with Crippen molar-refractivity contribution in [1.29, 1.82) is 0 Å². The predicted molar refractivity (Wildman–Crippen MR) is 150 cm³/mol. The molecule has 0 unspecified atom stereocenters. The topological polar surface area (TPSA) is 63.2 Å². The molecule has 0 spiro atoms. The molecule has 0 saturated heterocycles. The van der Waals surface area contributed by atoms with Crippen LogP contribution in [0.25, 0.3) is 0 Å². The van der Waals surface area contributed by atoms with Crippen molar-refractivity contribution in [3.8, 4) is 0 Å². The van der Waals surface area contributed by atoms with Crippen LogP contribution < -0.4 is 0 Å². The molecule has 0 atom stereocenters. The largest absolute Gasteiger partial charge is 0.464 e. The van der Waals surface area contributed by atoms with Gasteiger partial charge in [0, 0.05) is 6.08 Å². The number of carbonyl (C=O) groups excluding carboxylic acids is 1. The standard InChI is InChI=1S/C16H46O6Si8/c1-11-16(17)18-12-23-20-28(5,6)14-25-22-30(9,10)15-26-21-29(7,8)13-24-19-27(2,3)4/h11H,1,12-15,23-26H2,2-10H3. The van der Waals surface area contributed by atoms with E-state index in [2.05, 4.69) is 65.5 Å². The number of ether oxygens (including phenoxy) is 1. The molecule has 0 aliphatic rings. The lowest BCUT2D eigenvalue weighted by atomic mass is 10.7. The highest BCUT2D eigenvalue weighted by molar-refractivity contribution is 6.88. The van der Waals surface area contributed by atoms with Gasteiger partial charge in [0.05, 0.1) is 0 Å². The molecule has 14 heteroatoms. The van der Waals surface area contributed by atoms with E-state index >= 15 is 0 Å². The van der Waals surface area contributed by atoms with Crippen molar-refractivity contribution < 1.29 is 26.0 Å². The van der Waals surface area contributed by atoms with Crippen molar-refractivity contribution in [1.82, 2.24) is 0 Å². The van der Waals surface area contributed by atoms with Crippen LogP contribution in [0.15, 0.2) is 12.7 Å². The van der Waals surface area contributed by atoms with Crippen LogP contribution in [0.3, 0.4) is 0 Å². The Labute approximate surface area is 198 Å². The van der Waals surface area contributed by atoms with Gasteiger partial charge >= 0.3 is 5.97 Å². The third-order valence-corrected chi connectivity index (χ3v) is 38.0. The molecule has 0 aliphatic heterocycles. The van der Waals surface area contributed by atoms with Gasteiger partial charge in [-0.25, -0.2) is 4.79 Å².